The molecule has 28 heavy (non-hydrogen) atoms. The van der Waals surface area contributed by atoms with Crippen molar-refractivity contribution in [3.8, 4) is 11.5 Å². The highest BCUT2D eigenvalue weighted by atomic mass is 16.7. The summed E-state index contributed by atoms with van der Waals surface area (Å²) in [6.07, 6.45) is 0. The van der Waals surface area contributed by atoms with Gasteiger partial charge < -0.3 is 19.7 Å². The number of ether oxygens (including phenoxy) is 2. The molecule has 3 aliphatic heterocycles. The number of allylic oxidation sites excluding steroid dienone is 1. The minimum Gasteiger partial charge on any atom is -0.454 e. The van der Waals surface area contributed by atoms with E-state index in [0.29, 0.717) is 18.8 Å². The van der Waals surface area contributed by atoms with E-state index in [9.17, 15) is 4.79 Å². The highest BCUT2D eigenvalue weighted by Crippen LogP contribution is 2.42. The molecule has 1 fully saturated rings. The first kappa shape index (κ1) is 16.9. The Morgan fingerprint density at radius 1 is 1.14 bits per heavy atom. The van der Waals surface area contributed by atoms with Crippen molar-refractivity contribution >= 4 is 11.6 Å². The lowest BCUT2D eigenvalue weighted by atomic mass is 9.96. The number of carbonyl (C=O) groups is 1. The summed E-state index contributed by atoms with van der Waals surface area (Å²) >= 11 is 0. The molecular weight excluding hydrogens is 354 g/mol. The molecule has 1 amide bonds. The van der Waals surface area contributed by atoms with E-state index in [1.165, 1.54) is 0 Å². The van der Waals surface area contributed by atoms with Crippen LogP contribution in [-0.4, -0.2) is 36.4 Å². The second kappa shape index (κ2) is 6.71. The normalized spacial score (nSPS) is 20.6. The minimum atomic E-state index is -0.216. The van der Waals surface area contributed by atoms with E-state index in [1.54, 1.807) is 0 Å². The Morgan fingerprint density at radius 2 is 1.96 bits per heavy atom. The number of nitrogens with one attached hydrogen (secondary N) is 1. The van der Waals surface area contributed by atoms with Gasteiger partial charge >= 0.3 is 0 Å². The van der Waals surface area contributed by atoms with Gasteiger partial charge in [-0.3, -0.25) is 9.79 Å². The van der Waals surface area contributed by atoms with Gasteiger partial charge in [0.25, 0.3) is 5.91 Å². The topological polar surface area (TPSA) is 63.2 Å². The number of benzene rings is 2. The molecule has 1 N–H and O–H groups in total. The maximum absolute atomic E-state index is 13.3. The van der Waals surface area contributed by atoms with Crippen molar-refractivity contribution in [1.82, 2.24) is 10.2 Å². The Balaban J connectivity index is 1.63. The van der Waals surface area contributed by atoms with Crippen LogP contribution in [0.3, 0.4) is 0 Å². The summed E-state index contributed by atoms with van der Waals surface area (Å²) in [5.41, 5.74) is 4.61. The number of nitrogens with zero attached hydrogens (tertiary/aromatic N) is 2. The first-order valence-corrected chi connectivity index (χ1v) is 9.46. The van der Waals surface area contributed by atoms with Crippen LogP contribution in [0.15, 0.2) is 64.8 Å². The fourth-order valence-electron chi connectivity index (χ4n) is 4.07. The van der Waals surface area contributed by atoms with Gasteiger partial charge in [-0.1, -0.05) is 36.4 Å². The lowest BCUT2D eigenvalue weighted by Crippen LogP contribution is -2.29. The first-order chi connectivity index (χ1) is 13.7. The van der Waals surface area contributed by atoms with Crippen molar-refractivity contribution in [3.63, 3.8) is 0 Å². The molecule has 3 aliphatic rings. The van der Waals surface area contributed by atoms with Crippen molar-refractivity contribution in [2.24, 2.45) is 4.99 Å². The van der Waals surface area contributed by atoms with Crippen LogP contribution >= 0.6 is 0 Å². The third-order valence-electron chi connectivity index (χ3n) is 5.39. The molecule has 0 radical (unpaired) electrons. The Bertz CT molecular complexity index is 997. The lowest BCUT2D eigenvalue weighted by Gasteiger charge is -2.26. The summed E-state index contributed by atoms with van der Waals surface area (Å²) in [5, 5.41) is 3.40. The predicted octanol–water partition coefficient (Wildman–Crippen LogP) is 2.82. The van der Waals surface area contributed by atoms with Gasteiger partial charge in [-0.2, -0.15) is 0 Å². The van der Waals surface area contributed by atoms with E-state index < -0.39 is 0 Å². The van der Waals surface area contributed by atoms with Crippen LogP contribution in [0.1, 0.15) is 24.1 Å². The average molecular weight is 375 g/mol. The first-order valence-electron chi connectivity index (χ1n) is 9.46. The van der Waals surface area contributed by atoms with E-state index in [1.807, 2.05) is 60.4 Å². The maximum atomic E-state index is 13.3. The molecule has 3 heterocycles. The maximum Gasteiger partial charge on any atom is 0.273 e. The quantitative estimate of drug-likeness (QED) is 0.896. The SMILES string of the molecule is CC1=C2C(=NCCN1)C(=O)N(Cc1ccccc1)C2c1ccc2c(c1)OCO2. The Labute approximate surface area is 163 Å². The molecule has 1 atom stereocenters. The number of hydrogen-bond donors (Lipinski definition) is 1. The van der Waals surface area contributed by atoms with Crippen LogP contribution in [-0.2, 0) is 11.3 Å². The number of rotatable bonds is 3. The molecule has 5 rings (SSSR count). The Hall–Kier alpha value is -3.28. The highest BCUT2D eigenvalue weighted by Gasteiger charge is 2.44. The van der Waals surface area contributed by atoms with Gasteiger partial charge in [-0.25, -0.2) is 0 Å². The molecule has 2 aromatic rings. The van der Waals surface area contributed by atoms with Crippen LogP contribution in [0.5, 0.6) is 11.5 Å². The van der Waals surface area contributed by atoms with Gasteiger partial charge in [0.1, 0.15) is 5.71 Å². The third-order valence-corrected chi connectivity index (χ3v) is 5.39. The number of likely N-dealkylation sites (tertiary alicyclic amines) is 1. The molecule has 0 spiro atoms. The number of fused-ring (bicyclic) bond motifs is 2. The molecule has 1 unspecified atom stereocenters. The predicted molar refractivity (Wildman–Crippen MR) is 105 cm³/mol. The zero-order valence-electron chi connectivity index (χ0n) is 15.6. The fraction of sp³-hybridized carbons (Fsp3) is 0.273. The van der Waals surface area contributed by atoms with E-state index in [2.05, 4.69) is 10.3 Å². The van der Waals surface area contributed by atoms with Crippen LogP contribution in [0.4, 0.5) is 0 Å². The lowest BCUT2D eigenvalue weighted by molar-refractivity contribution is -0.124. The molecule has 0 aliphatic carbocycles. The molecule has 142 valence electrons. The Morgan fingerprint density at radius 3 is 2.82 bits per heavy atom. The van der Waals surface area contributed by atoms with Crippen molar-refractivity contribution in [1.29, 1.82) is 0 Å². The van der Waals surface area contributed by atoms with Gasteiger partial charge in [0, 0.05) is 24.4 Å². The van der Waals surface area contributed by atoms with Crippen LogP contribution in [0.25, 0.3) is 0 Å². The average Bonchev–Trinajstić information content (AvgIpc) is 3.23. The number of amides is 1. The molecular formula is C22H21N3O3. The largest absolute Gasteiger partial charge is 0.454 e. The Kier molecular flexibility index (Phi) is 4.04. The summed E-state index contributed by atoms with van der Waals surface area (Å²) in [4.78, 5) is 19.8. The summed E-state index contributed by atoms with van der Waals surface area (Å²) in [6.45, 7) is 4.10. The van der Waals surface area contributed by atoms with Gasteiger partial charge in [0.05, 0.1) is 12.6 Å². The van der Waals surface area contributed by atoms with Gasteiger partial charge in [0.15, 0.2) is 11.5 Å². The van der Waals surface area contributed by atoms with Crippen molar-refractivity contribution in [2.75, 3.05) is 19.9 Å². The van der Waals surface area contributed by atoms with Crippen LogP contribution in [0.2, 0.25) is 0 Å². The van der Waals surface area contributed by atoms with Gasteiger partial charge in [0.2, 0.25) is 6.79 Å². The summed E-state index contributed by atoms with van der Waals surface area (Å²) in [6, 6.07) is 15.7. The van der Waals surface area contributed by atoms with E-state index in [4.69, 9.17) is 9.47 Å². The van der Waals surface area contributed by atoms with Gasteiger partial charge in [-0.15, -0.1) is 0 Å². The van der Waals surface area contributed by atoms with Crippen molar-refractivity contribution < 1.29 is 14.3 Å². The molecule has 0 aromatic heterocycles. The van der Waals surface area contributed by atoms with Gasteiger partial charge in [-0.05, 0) is 30.2 Å². The van der Waals surface area contributed by atoms with E-state index in [-0.39, 0.29) is 18.7 Å². The van der Waals surface area contributed by atoms with Crippen LogP contribution in [0, 0.1) is 0 Å². The molecule has 2 aromatic carbocycles. The minimum absolute atomic E-state index is 0.0235. The molecule has 6 nitrogen and oxygen atoms in total. The van der Waals surface area contributed by atoms with E-state index in [0.717, 1.165) is 40.4 Å². The summed E-state index contributed by atoms with van der Waals surface area (Å²) < 4.78 is 11.0. The summed E-state index contributed by atoms with van der Waals surface area (Å²) in [5.74, 6) is 1.43. The molecule has 6 heteroatoms. The smallest absolute Gasteiger partial charge is 0.273 e. The highest BCUT2D eigenvalue weighted by molar-refractivity contribution is 6.48. The molecule has 0 saturated carbocycles. The standard InChI is InChI=1S/C22H21N3O3/c1-14-19-20(24-10-9-23-14)22(26)25(12-15-5-3-2-4-6-15)21(19)16-7-8-17-18(11-16)28-13-27-17/h2-8,11,21,23H,9-10,12-13H2,1H3. The van der Waals surface area contributed by atoms with E-state index >= 15 is 0 Å². The summed E-state index contributed by atoms with van der Waals surface area (Å²) in [7, 11) is 0. The number of hydrogen-bond acceptors (Lipinski definition) is 5. The molecule has 1 saturated heterocycles. The second-order valence-electron chi connectivity index (χ2n) is 7.13. The fourth-order valence-corrected chi connectivity index (χ4v) is 4.07. The van der Waals surface area contributed by atoms with Crippen LogP contribution < -0.4 is 14.8 Å². The molecule has 0 bridgehead atoms. The zero-order chi connectivity index (χ0) is 19.1. The second-order valence-corrected chi connectivity index (χ2v) is 7.13. The van der Waals surface area contributed by atoms with Crippen molar-refractivity contribution in [2.45, 2.75) is 19.5 Å². The monoisotopic (exact) mass is 375 g/mol. The number of carbonyl (C=O) groups excluding carboxylic acids is 1. The third kappa shape index (κ3) is 2.72. The number of aliphatic imine (C=N–C) groups is 1. The zero-order valence-corrected chi connectivity index (χ0v) is 15.6. The van der Waals surface area contributed by atoms with Crippen molar-refractivity contribution in [3.05, 3.63) is 70.9 Å².